The summed E-state index contributed by atoms with van der Waals surface area (Å²) in [6.45, 7) is 14.2. The standard InChI is InChI=1S/C36H41BN2O2/c1-22(2)16-28-24(4)29-19-36(6,35(40)41-7)20-30(29)25(5)34(28)37-38-31-15-11-14-27-17-23(3)18-32(33(27)31)39(37)21-26-12-9-8-10-13-26/h8-15,17-18,22,38H,16,19-21H2,1-7H3. The minimum absolute atomic E-state index is 0.0437. The van der Waals surface area contributed by atoms with Gasteiger partial charge in [-0.3, -0.25) is 4.79 Å². The molecular weight excluding hydrogens is 503 g/mol. The predicted octanol–water partition coefficient (Wildman–Crippen LogP) is 7.07. The molecule has 0 bridgehead atoms. The summed E-state index contributed by atoms with van der Waals surface area (Å²) in [7, 11) is 1.51. The fraction of sp³-hybridized carbons (Fsp3) is 0.361. The Labute approximate surface area is 245 Å². The van der Waals surface area contributed by atoms with Crippen molar-refractivity contribution in [3.05, 3.63) is 99.6 Å². The van der Waals surface area contributed by atoms with Gasteiger partial charge in [-0.05, 0) is 115 Å². The second-order valence-corrected chi connectivity index (χ2v) is 13.0. The number of benzene rings is 4. The number of hydrogen-bond acceptors (Lipinski definition) is 4. The number of ether oxygens (including phenoxy) is 1. The van der Waals surface area contributed by atoms with Gasteiger partial charge in [-0.15, -0.1) is 0 Å². The van der Waals surface area contributed by atoms with E-state index in [9.17, 15) is 4.79 Å². The lowest BCUT2D eigenvalue weighted by molar-refractivity contribution is -0.151. The van der Waals surface area contributed by atoms with Gasteiger partial charge in [0.05, 0.1) is 12.5 Å². The fourth-order valence-electron chi connectivity index (χ4n) is 7.43. The van der Waals surface area contributed by atoms with Crippen molar-refractivity contribution >= 4 is 40.6 Å². The minimum atomic E-state index is -0.528. The van der Waals surface area contributed by atoms with Crippen molar-refractivity contribution < 1.29 is 9.53 Å². The molecule has 4 aromatic rings. The first-order chi connectivity index (χ1) is 19.6. The van der Waals surface area contributed by atoms with Crippen molar-refractivity contribution in [3.8, 4) is 0 Å². The number of carbonyl (C=O) groups is 1. The number of esters is 1. The van der Waals surface area contributed by atoms with Crippen LogP contribution in [0.3, 0.4) is 0 Å². The van der Waals surface area contributed by atoms with Gasteiger partial charge >= 0.3 is 13.0 Å². The smallest absolute Gasteiger partial charge is 0.409 e. The molecule has 5 heteroatoms. The average Bonchev–Trinajstić information content (AvgIpc) is 3.32. The second-order valence-electron chi connectivity index (χ2n) is 13.0. The van der Waals surface area contributed by atoms with Crippen molar-refractivity contribution in [2.75, 3.05) is 17.1 Å². The van der Waals surface area contributed by atoms with Gasteiger partial charge < -0.3 is 14.8 Å². The van der Waals surface area contributed by atoms with Crippen molar-refractivity contribution in [1.82, 2.24) is 0 Å². The highest BCUT2D eigenvalue weighted by Gasteiger charge is 2.45. The molecule has 0 saturated carbocycles. The Hall–Kier alpha value is -3.73. The Morgan fingerprint density at radius 2 is 1.71 bits per heavy atom. The van der Waals surface area contributed by atoms with Crippen LogP contribution in [0.25, 0.3) is 10.8 Å². The third kappa shape index (κ3) is 4.60. The van der Waals surface area contributed by atoms with Gasteiger partial charge in [-0.2, -0.15) is 0 Å². The van der Waals surface area contributed by atoms with Gasteiger partial charge in [0.2, 0.25) is 0 Å². The number of rotatable bonds is 6. The quantitative estimate of drug-likeness (QED) is 0.208. The first kappa shape index (κ1) is 27.4. The summed E-state index contributed by atoms with van der Waals surface area (Å²) in [4.78, 5) is 15.5. The van der Waals surface area contributed by atoms with E-state index in [1.54, 1.807) is 0 Å². The highest BCUT2D eigenvalue weighted by atomic mass is 16.5. The number of aryl methyl sites for hydroxylation is 1. The number of nitrogens with one attached hydrogen (secondary N) is 1. The van der Waals surface area contributed by atoms with Gasteiger partial charge in [0, 0.05) is 23.3 Å². The SMILES string of the molecule is COC(=O)C1(C)Cc2c(C)c(CC(C)C)c(B3Nc4cccc5cc(C)cc(c45)N3Cc3ccccc3)c(C)c2C1. The van der Waals surface area contributed by atoms with Gasteiger partial charge in [0.25, 0.3) is 0 Å². The summed E-state index contributed by atoms with van der Waals surface area (Å²) in [5, 5.41) is 6.57. The summed E-state index contributed by atoms with van der Waals surface area (Å²) >= 11 is 0. The van der Waals surface area contributed by atoms with Gasteiger partial charge in [-0.1, -0.05) is 62.4 Å². The lowest BCUT2D eigenvalue weighted by Gasteiger charge is -2.40. The zero-order chi connectivity index (χ0) is 29.1. The first-order valence-electron chi connectivity index (χ1n) is 14.9. The number of hydrogen-bond donors (Lipinski definition) is 1. The molecule has 1 N–H and O–H groups in total. The molecule has 4 aromatic carbocycles. The number of nitrogens with zero attached hydrogens (tertiary/aromatic N) is 1. The van der Waals surface area contributed by atoms with Crippen LogP contribution in [-0.2, 0) is 35.3 Å². The average molecular weight is 545 g/mol. The molecule has 1 unspecified atom stereocenters. The molecule has 210 valence electrons. The second kappa shape index (κ2) is 10.3. The maximum Gasteiger partial charge on any atom is 0.409 e. The van der Waals surface area contributed by atoms with E-state index >= 15 is 0 Å². The summed E-state index contributed by atoms with van der Waals surface area (Å²) < 4.78 is 5.30. The van der Waals surface area contributed by atoms with E-state index in [1.165, 1.54) is 73.7 Å². The largest absolute Gasteiger partial charge is 0.469 e. The van der Waals surface area contributed by atoms with Crippen LogP contribution < -0.4 is 15.5 Å². The number of carbonyl (C=O) groups excluding carboxylic acids is 1. The molecule has 1 heterocycles. The Morgan fingerprint density at radius 3 is 2.39 bits per heavy atom. The van der Waals surface area contributed by atoms with Gasteiger partial charge in [-0.25, -0.2) is 0 Å². The van der Waals surface area contributed by atoms with Crippen molar-refractivity contribution in [2.24, 2.45) is 11.3 Å². The fourth-order valence-corrected chi connectivity index (χ4v) is 7.43. The summed E-state index contributed by atoms with van der Waals surface area (Å²) in [5.41, 5.74) is 12.6. The first-order valence-corrected chi connectivity index (χ1v) is 14.9. The van der Waals surface area contributed by atoms with Crippen molar-refractivity contribution in [1.29, 1.82) is 0 Å². The molecule has 0 saturated heterocycles. The number of fused-ring (bicyclic) bond motifs is 1. The van der Waals surface area contributed by atoms with Crippen LogP contribution in [0, 0.1) is 32.1 Å². The molecule has 1 aliphatic heterocycles. The third-order valence-electron chi connectivity index (χ3n) is 9.36. The molecule has 0 amide bonds. The van der Waals surface area contributed by atoms with E-state index in [2.05, 4.69) is 112 Å². The molecule has 1 aliphatic carbocycles. The lowest BCUT2D eigenvalue weighted by Crippen LogP contribution is -2.58. The Kier molecular flexibility index (Phi) is 6.88. The lowest BCUT2D eigenvalue weighted by atomic mass is 9.58. The van der Waals surface area contributed by atoms with Crippen LogP contribution in [-0.4, -0.2) is 20.1 Å². The van der Waals surface area contributed by atoms with Crippen LogP contribution in [0.2, 0.25) is 0 Å². The van der Waals surface area contributed by atoms with E-state index in [0.717, 1.165) is 19.4 Å². The Bertz CT molecular complexity index is 1660. The molecule has 0 spiro atoms. The zero-order valence-electron chi connectivity index (χ0n) is 25.5. The summed E-state index contributed by atoms with van der Waals surface area (Å²) in [6.07, 6.45) is 2.44. The maximum atomic E-state index is 13.0. The van der Waals surface area contributed by atoms with Gasteiger partial charge in [0.15, 0.2) is 0 Å². The monoisotopic (exact) mass is 544 g/mol. The van der Waals surface area contributed by atoms with E-state index < -0.39 is 5.41 Å². The third-order valence-corrected chi connectivity index (χ3v) is 9.36. The van der Waals surface area contributed by atoms with Crippen molar-refractivity contribution in [3.63, 3.8) is 0 Å². The van der Waals surface area contributed by atoms with Crippen LogP contribution >= 0.6 is 0 Å². The summed E-state index contributed by atoms with van der Waals surface area (Å²) in [6, 6.07) is 22.0. The molecule has 2 aliphatic rings. The van der Waals surface area contributed by atoms with E-state index in [0.29, 0.717) is 12.3 Å². The molecular formula is C36H41BN2O2. The molecule has 0 radical (unpaired) electrons. The van der Waals surface area contributed by atoms with Crippen molar-refractivity contribution in [2.45, 2.75) is 67.3 Å². The predicted molar refractivity (Wildman–Crippen MR) is 172 cm³/mol. The van der Waals surface area contributed by atoms with Gasteiger partial charge in [0.1, 0.15) is 0 Å². The highest BCUT2D eigenvalue weighted by molar-refractivity contribution is 6.81. The normalized spacial score (nSPS) is 17.7. The van der Waals surface area contributed by atoms with Crippen LogP contribution in [0.5, 0.6) is 0 Å². The maximum absolute atomic E-state index is 13.0. The molecule has 1 atom stereocenters. The highest BCUT2D eigenvalue weighted by Crippen LogP contribution is 2.44. The zero-order valence-corrected chi connectivity index (χ0v) is 25.5. The van der Waals surface area contributed by atoms with E-state index in [1.807, 2.05) is 0 Å². The molecule has 4 nitrogen and oxygen atoms in total. The molecule has 6 rings (SSSR count). The Morgan fingerprint density at radius 1 is 1.00 bits per heavy atom. The number of methoxy groups -OCH3 is 1. The topological polar surface area (TPSA) is 41.6 Å². The number of anilines is 2. The van der Waals surface area contributed by atoms with Crippen LogP contribution in [0.1, 0.15) is 59.7 Å². The van der Waals surface area contributed by atoms with E-state index in [-0.39, 0.29) is 13.0 Å². The van der Waals surface area contributed by atoms with Crippen LogP contribution in [0.4, 0.5) is 11.4 Å². The molecule has 0 aromatic heterocycles. The Balaban J connectivity index is 1.60. The van der Waals surface area contributed by atoms with E-state index in [4.69, 9.17) is 4.74 Å². The molecule has 0 fully saturated rings. The summed E-state index contributed by atoms with van der Waals surface area (Å²) in [5.74, 6) is 0.388. The minimum Gasteiger partial charge on any atom is -0.469 e. The molecule has 41 heavy (non-hydrogen) atoms. The van der Waals surface area contributed by atoms with Crippen LogP contribution in [0.15, 0.2) is 60.7 Å².